The van der Waals surface area contributed by atoms with Crippen LogP contribution in [0.5, 0.6) is 0 Å². The zero-order valence-corrected chi connectivity index (χ0v) is 13.2. The molecule has 112 valence electrons. The second kappa shape index (κ2) is 6.83. The lowest BCUT2D eigenvalue weighted by molar-refractivity contribution is -0.147. The van der Waals surface area contributed by atoms with Crippen LogP contribution >= 0.6 is 11.3 Å². The Kier molecular flexibility index (Phi) is 5.09. The van der Waals surface area contributed by atoms with Crippen LogP contribution < -0.4 is 5.73 Å². The van der Waals surface area contributed by atoms with Crippen LogP contribution in [0.1, 0.15) is 22.6 Å². The number of esters is 1. The summed E-state index contributed by atoms with van der Waals surface area (Å²) in [4.78, 5) is 17.8. The number of rotatable bonds is 6. The van der Waals surface area contributed by atoms with E-state index in [-0.39, 0.29) is 12.5 Å². The molecule has 0 radical (unpaired) electrons. The lowest BCUT2D eigenvalue weighted by atomic mass is 9.76. The normalized spacial score (nSPS) is 13.7. The molecule has 0 saturated heterocycles. The van der Waals surface area contributed by atoms with Crippen LogP contribution in [-0.4, -0.2) is 24.6 Å². The minimum Gasteiger partial charge on any atom is -0.468 e. The molecule has 0 aliphatic rings. The summed E-state index contributed by atoms with van der Waals surface area (Å²) < 4.78 is 5.03. The topological polar surface area (TPSA) is 65.2 Å². The summed E-state index contributed by atoms with van der Waals surface area (Å²) in [6.45, 7) is 2.21. The van der Waals surface area contributed by atoms with Crippen molar-refractivity contribution in [2.24, 2.45) is 5.73 Å². The standard InChI is InChI=1S/C16H20N2O2S/c1-12-14(21-11-18-12)8-9-16(10-17,15(19)20-2)13-6-4-3-5-7-13/h3-7,11H,8-10,17H2,1-2H3. The number of hydrogen-bond acceptors (Lipinski definition) is 5. The Morgan fingerprint density at radius 2 is 2.10 bits per heavy atom. The Hall–Kier alpha value is -1.72. The van der Waals surface area contributed by atoms with Gasteiger partial charge in [0.1, 0.15) is 5.41 Å². The number of ether oxygens (including phenoxy) is 1. The lowest BCUT2D eigenvalue weighted by Crippen LogP contribution is -2.44. The third-order valence-electron chi connectivity index (χ3n) is 3.87. The maximum Gasteiger partial charge on any atom is 0.317 e. The van der Waals surface area contributed by atoms with E-state index in [1.54, 1.807) is 11.3 Å². The van der Waals surface area contributed by atoms with E-state index in [0.29, 0.717) is 6.42 Å². The molecule has 0 bridgehead atoms. The van der Waals surface area contributed by atoms with Gasteiger partial charge in [0.05, 0.1) is 18.3 Å². The molecule has 0 aliphatic heterocycles. The summed E-state index contributed by atoms with van der Waals surface area (Å²) in [6.07, 6.45) is 1.38. The second-order valence-corrected chi connectivity index (χ2v) is 5.94. The van der Waals surface area contributed by atoms with Crippen molar-refractivity contribution in [1.82, 2.24) is 4.98 Å². The molecular weight excluding hydrogens is 284 g/mol. The number of aromatic nitrogens is 1. The summed E-state index contributed by atoms with van der Waals surface area (Å²) in [5, 5.41) is 0. The summed E-state index contributed by atoms with van der Waals surface area (Å²) in [7, 11) is 1.41. The van der Waals surface area contributed by atoms with Crippen LogP contribution in [-0.2, 0) is 21.4 Å². The molecule has 0 saturated carbocycles. The first-order chi connectivity index (χ1) is 10.1. The molecule has 2 aromatic rings. The average molecular weight is 304 g/mol. The van der Waals surface area contributed by atoms with Crippen molar-refractivity contribution in [3.8, 4) is 0 Å². The molecule has 2 rings (SSSR count). The number of carbonyl (C=O) groups is 1. The van der Waals surface area contributed by atoms with Gasteiger partial charge in [0, 0.05) is 11.4 Å². The third kappa shape index (κ3) is 3.14. The number of nitrogens with two attached hydrogens (primary N) is 1. The minimum atomic E-state index is -0.799. The van der Waals surface area contributed by atoms with Crippen molar-refractivity contribution in [3.63, 3.8) is 0 Å². The largest absolute Gasteiger partial charge is 0.468 e. The zero-order chi connectivity index (χ0) is 15.3. The molecule has 4 nitrogen and oxygen atoms in total. The molecule has 0 fully saturated rings. The fourth-order valence-electron chi connectivity index (χ4n) is 2.51. The number of thiazole rings is 1. The first kappa shape index (κ1) is 15.7. The maximum absolute atomic E-state index is 12.4. The average Bonchev–Trinajstić information content (AvgIpc) is 2.94. The highest BCUT2D eigenvalue weighted by Gasteiger charge is 2.39. The maximum atomic E-state index is 12.4. The van der Waals surface area contributed by atoms with Crippen LogP contribution in [0.2, 0.25) is 0 Å². The molecule has 21 heavy (non-hydrogen) atoms. The summed E-state index contributed by atoms with van der Waals surface area (Å²) in [5.74, 6) is -0.279. The summed E-state index contributed by atoms with van der Waals surface area (Å²) in [5.41, 5.74) is 8.93. The van der Waals surface area contributed by atoms with E-state index in [2.05, 4.69) is 4.98 Å². The third-order valence-corrected chi connectivity index (χ3v) is 4.87. The van der Waals surface area contributed by atoms with E-state index >= 15 is 0 Å². The number of benzene rings is 1. The second-order valence-electron chi connectivity index (χ2n) is 5.00. The van der Waals surface area contributed by atoms with Crippen molar-refractivity contribution < 1.29 is 9.53 Å². The van der Waals surface area contributed by atoms with E-state index in [1.807, 2.05) is 42.8 Å². The van der Waals surface area contributed by atoms with E-state index < -0.39 is 5.41 Å². The van der Waals surface area contributed by atoms with Crippen LogP contribution in [0.25, 0.3) is 0 Å². The summed E-state index contributed by atoms with van der Waals surface area (Å²) in [6, 6.07) is 9.63. The SMILES string of the molecule is COC(=O)C(CN)(CCc1scnc1C)c1ccccc1. The van der Waals surface area contributed by atoms with E-state index in [9.17, 15) is 4.79 Å². The van der Waals surface area contributed by atoms with Crippen molar-refractivity contribution in [2.45, 2.75) is 25.2 Å². The van der Waals surface area contributed by atoms with Gasteiger partial charge in [-0.25, -0.2) is 4.98 Å². The van der Waals surface area contributed by atoms with E-state index in [0.717, 1.165) is 17.7 Å². The quantitative estimate of drug-likeness (QED) is 0.833. The van der Waals surface area contributed by atoms with Gasteiger partial charge < -0.3 is 10.5 Å². The van der Waals surface area contributed by atoms with Gasteiger partial charge in [-0.2, -0.15) is 0 Å². The minimum absolute atomic E-state index is 0.224. The van der Waals surface area contributed by atoms with Crippen molar-refractivity contribution in [1.29, 1.82) is 0 Å². The lowest BCUT2D eigenvalue weighted by Gasteiger charge is -2.30. The van der Waals surface area contributed by atoms with Crippen LogP contribution in [0, 0.1) is 6.92 Å². The number of aryl methyl sites for hydroxylation is 2. The Morgan fingerprint density at radius 3 is 2.62 bits per heavy atom. The molecule has 1 heterocycles. The molecule has 1 atom stereocenters. The molecule has 0 spiro atoms. The highest BCUT2D eigenvalue weighted by atomic mass is 32.1. The molecule has 1 aromatic heterocycles. The molecule has 2 N–H and O–H groups in total. The highest BCUT2D eigenvalue weighted by Crippen LogP contribution is 2.31. The number of hydrogen-bond donors (Lipinski definition) is 1. The Morgan fingerprint density at radius 1 is 1.38 bits per heavy atom. The number of methoxy groups -OCH3 is 1. The van der Waals surface area contributed by atoms with E-state index in [1.165, 1.54) is 12.0 Å². The monoisotopic (exact) mass is 304 g/mol. The summed E-state index contributed by atoms with van der Waals surface area (Å²) >= 11 is 1.61. The molecule has 5 heteroatoms. The van der Waals surface area contributed by atoms with Crippen LogP contribution in [0.3, 0.4) is 0 Å². The first-order valence-electron chi connectivity index (χ1n) is 6.87. The fourth-order valence-corrected chi connectivity index (χ4v) is 3.29. The van der Waals surface area contributed by atoms with Crippen molar-refractivity contribution >= 4 is 17.3 Å². The van der Waals surface area contributed by atoms with Gasteiger partial charge in [0.25, 0.3) is 0 Å². The number of nitrogens with zero attached hydrogens (tertiary/aromatic N) is 1. The molecular formula is C16H20N2O2S. The molecule has 1 unspecified atom stereocenters. The van der Waals surface area contributed by atoms with Crippen LogP contribution in [0.4, 0.5) is 0 Å². The van der Waals surface area contributed by atoms with E-state index in [4.69, 9.17) is 10.5 Å². The molecule has 0 aliphatic carbocycles. The van der Waals surface area contributed by atoms with Gasteiger partial charge in [0.15, 0.2) is 0 Å². The van der Waals surface area contributed by atoms with Crippen molar-refractivity contribution in [3.05, 3.63) is 52.0 Å². The van der Waals surface area contributed by atoms with Gasteiger partial charge in [-0.3, -0.25) is 4.79 Å². The van der Waals surface area contributed by atoms with Crippen molar-refractivity contribution in [2.75, 3.05) is 13.7 Å². The fraction of sp³-hybridized carbons (Fsp3) is 0.375. The molecule has 1 aromatic carbocycles. The van der Waals surface area contributed by atoms with Gasteiger partial charge in [0.2, 0.25) is 0 Å². The first-order valence-corrected chi connectivity index (χ1v) is 7.75. The van der Waals surface area contributed by atoms with Gasteiger partial charge in [-0.1, -0.05) is 30.3 Å². The highest BCUT2D eigenvalue weighted by molar-refractivity contribution is 7.09. The van der Waals surface area contributed by atoms with Crippen LogP contribution in [0.15, 0.2) is 35.8 Å². The molecule has 0 amide bonds. The Labute approximate surface area is 129 Å². The smallest absolute Gasteiger partial charge is 0.317 e. The Balaban J connectivity index is 2.32. The Bertz CT molecular complexity index is 597. The zero-order valence-electron chi connectivity index (χ0n) is 12.3. The number of carbonyl (C=O) groups excluding carboxylic acids is 1. The van der Waals surface area contributed by atoms with Gasteiger partial charge >= 0.3 is 5.97 Å². The van der Waals surface area contributed by atoms with Gasteiger partial charge in [-0.15, -0.1) is 11.3 Å². The predicted molar refractivity (Wildman–Crippen MR) is 84.4 cm³/mol. The van der Waals surface area contributed by atoms with Gasteiger partial charge in [-0.05, 0) is 25.3 Å². The predicted octanol–water partition coefficient (Wildman–Crippen LogP) is 2.45.